The number of nitrogens with one attached hydrogen (secondary N) is 1. The van der Waals surface area contributed by atoms with Gasteiger partial charge in [-0.1, -0.05) is 24.3 Å². The number of carbonyl (C=O) groups excluding carboxylic acids is 1. The van der Waals surface area contributed by atoms with Crippen LogP contribution in [0.1, 0.15) is 24.0 Å². The van der Waals surface area contributed by atoms with Crippen molar-refractivity contribution < 1.29 is 4.79 Å². The number of likely N-dealkylation sites (N-methyl/N-ethyl adjacent to an activating group) is 1. The van der Waals surface area contributed by atoms with Crippen LogP contribution in [0.2, 0.25) is 0 Å². The van der Waals surface area contributed by atoms with Crippen LogP contribution in [0.5, 0.6) is 0 Å². The van der Waals surface area contributed by atoms with Crippen LogP contribution in [0.25, 0.3) is 0 Å². The van der Waals surface area contributed by atoms with Crippen molar-refractivity contribution in [3.63, 3.8) is 0 Å². The zero-order chi connectivity index (χ0) is 17.9. The van der Waals surface area contributed by atoms with Crippen molar-refractivity contribution in [1.82, 2.24) is 20.2 Å². The van der Waals surface area contributed by atoms with Gasteiger partial charge in [0.25, 0.3) is 0 Å². The van der Waals surface area contributed by atoms with Crippen molar-refractivity contribution in [2.24, 2.45) is 0 Å². The average Bonchev–Trinajstić information content (AvgIpc) is 2.68. The van der Waals surface area contributed by atoms with E-state index in [4.69, 9.17) is 0 Å². The van der Waals surface area contributed by atoms with E-state index in [9.17, 15) is 4.79 Å². The summed E-state index contributed by atoms with van der Waals surface area (Å²) in [5.41, 5.74) is 2.62. The van der Waals surface area contributed by atoms with E-state index >= 15 is 0 Å². The molecule has 0 aliphatic carbocycles. The van der Waals surface area contributed by atoms with Gasteiger partial charge >= 0.3 is 0 Å². The Morgan fingerprint density at radius 2 is 1.92 bits per heavy atom. The Morgan fingerprint density at radius 1 is 1.15 bits per heavy atom. The first kappa shape index (κ1) is 17.0. The number of hydrogen-bond acceptors (Lipinski definition) is 5. The van der Waals surface area contributed by atoms with E-state index in [1.807, 2.05) is 7.05 Å². The van der Waals surface area contributed by atoms with Gasteiger partial charge in [-0.05, 0) is 37.4 Å². The number of carbonyl (C=O) groups is 1. The molecule has 1 unspecified atom stereocenters. The van der Waals surface area contributed by atoms with Crippen LogP contribution in [0.3, 0.4) is 0 Å². The van der Waals surface area contributed by atoms with Crippen molar-refractivity contribution in [3.8, 4) is 0 Å². The highest BCUT2D eigenvalue weighted by atomic mass is 16.2. The monoisotopic (exact) mass is 351 g/mol. The summed E-state index contributed by atoms with van der Waals surface area (Å²) in [6, 6.07) is 8.58. The van der Waals surface area contributed by atoms with Crippen molar-refractivity contribution in [2.45, 2.75) is 37.9 Å². The number of anilines is 1. The predicted molar refractivity (Wildman–Crippen MR) is 101 cm³/mol. The third kappa shape index (κ3) is 3.55. The van der Waals surface area contributed by atoms with Crippen molar-refractivity contribution in [1.29, 1.82) is 0 Å². The molecule has 1 atom stereocenters. The fourth-order valence-electron chi connectivity index (χ4n) is 3.95. The highest BCUT2D eigenvalue weighted by molar-refractivity contribution is 5.82. The summed E-state index contributed by atoms with van der Waals surface area (Å²) < 4.78 is 0. The number of hydrogen-bond donors (Lipinski definition) is 1. The number of fused-ring (bicyclic) bond motifs is 1. The van der Waals surface area contributed by atoms with E-state index in [0.717, 1.165) is 44.7 Å². The minimum atomic E-state index is -0.0806. The molecule has 0 bridgehead atoms. The van der Waals surface area contributed by atoms with Gasteiger partial charge in [0.2, 0.25) is 5.91 Å². The van der Waals surface area contributed by atoms with Crippen LogP contribution in [0.15, 0.2) is 42.9 Å². The number of piperidine rings is 1. The topological polar surface area (TPSA) is 61.4 Å². The molecule has 6 nitrogen and oxygen atoms in total. The normalized spacial score (nSPS) is 21.3. The summed E-state index contributed by atoms with van der Waals surface area (Å²) >= 11 is 0. The van der Waals surface area contributed by atoms with Crippen LogP contribution in [0, 0.1) is 0 Å². The summed E-state index contributed by atoms with van der Waals surface area (Å²) in [5, 5.41) is 3.28. The van der Waals surface area contributed by atoms with E-state index in [1.165, 1.54) is 11.1 Å². The summed E-state index contributed by atoms with van der Waals surface area (Å²) in [6.45, 7) is 2.62. The first-order valence-electron chi connectivity index (χ1n) is 9.29. The van der Waals surface area contributed by atoms with Crippen LogP contribution in [-0.2, 0) is 17.8 Å². The molecule has 0 spiro atoms. The Kier molecular flexibility index (Phi) is 4.84. The van der Waals surface area contributed by atoms with E-state index in [-0.39, 0.29) is 18.0 Å². The summed E-state index contributed by atoms with van der Waals surface area (Å²) in [6.07, 6.45) is 7.88. The lowest BCUT2D eigenvalue weighted by molar-refractivity contribution is -0.127. The first-order chi connectivity index (χ1) is 12.7. The Morgan fingerprint density at radius 3 is 2.65 bits per heavy atom. The van der Waals surface area contributed by atoms with Crippen molar-refractivity contribution >= 4 is 11.7 Å². The molecule has 1 N–H and O–H groups in total. The zero-order valence-electron chi connectivity index (χ0n) is 15.1. The molecule has 2 aromatic rings. The minimum absolute atomic E-state index is 0.0806. The van der Waals surface area contributed by atoms with Gasteiger partial charge in [-0.2, -0.15) is 0 Å². The number of rotatable bonds is 3. The standard InChI is InChI=1S/C20H25N5O/c1-24-14-16-5-3-2-4-15(16)12-18(24)20(26)23-17-6-10-25(11-7-17)19-13-21-8-9-22-19/h2-5,8-9,13,17-18H,6-7,10-12,14H2,1H3,(H,23,26). The summed E-state index contributed by atoms with van der Waals surface area (Å²) in [5.74, 6) is 1.07. The summed E-state index contributed by atoms with van der Waals surface area (Å²) in [7, 11) is 2.04. The average molecular weight is 351 g/mol. The number of benzene rings is 1. The largest absolute Gasteiger partial charge is 0.355 e. The molecule has 26 heavy (non-hydrogen) atoms. The maximum Gasteiger partial charge on any atom is 0.237 e. The fraction of sp³-hybridized carbons (Fsp3) is 0.450. The van der Waals surface area contributed by atoms with Gasteiger partial charge in [-0.25, -0.2) is 4.98 Å². The lowest BCUT2D eigenvalue weighted by Crippen LogP contribution is -2.53. The fourth-order valence-corrected chi connectivity index (χ4v) is 3.95. The van der Waals surface area contributed by atoms with Crippen molar-refractivity contribution in [3.05, 3.63) is 54.0 Å². The Balaban J connectivity index is 1.33. The smallest absolute Gasteiger partial charge is 0.237 e. The molecule has 3 heterocycles. The number of aromatic nitrogens is 2. The van der Waals surface area contributed by atoms with Gasteiger partial charge in [-0.15, -0.1) is 0 Å². The van der Waals surface area contributed by atoms with E-state index in [0.29, 0.717) is 0 Å². The van der Waals surface area contributed by atoms with Gasteiger partial charge in [-0.3, -0.25) is 14.7 Å². The molecule has 1 amide bonds. The molecule has 0 saturated carbocycles. The molecule has 136 valence electrons. The highest BCUT2D eigenvalue weighted by Crippen LogP contribution is 2.23. The van der Waals surface area contributed by atoms with E-state index in [1.54, 1.807) is 18.6 Å². The predicted octanol–water partition coefficient (Wildman–Crippen LogP) is 1.62. The highest BCUT2D eigenvalue weighted by Gasteiger charge is 2.31. The Labute approximate surface area is 154 Å². The Hall–Kier alpha value is -2.47. The third-order valence-electron chi connectivity index (χ3n) is 5.50. The second-order valence-corrected chi connectivity index (χ2v) is 7.24. The number of nitrogens with zero attached hydrogens (tertiary/aromatic N) is 4. The zero-order valence-corrected chi connectivity index (χ0v) is 15.1. The van der Waals surface area contributed by atoms with Crippen LogP contribution in [0.4, 0.5) is 5.82 Å². The molecule has 0 radical (unpaired) electrons. The maximum absolute atomic E-state index is 12.8. The molecule has 4 rings (SSSR count). The molecule has 1 aromatic carbocycles. The maximum atomic E-state index is 12.8. The first-order valence-corrected chi connectivity index (χ1v) is 9.29. The van der Waals surface area contributed by atoms with E-state index < -0.39 is 0 Å². The van der Waals surface area contributed by atoms with E-state index in [2.05, 4.69) is 49.4 Å². The van der Waals surface area contributed by atoms with Gasteiger partial charge in [0.05, 0.1) is 12.2 Å². The van der Waals surface area contributed by atoms with Crippen LogP contribution >= 0.6 is 0 Å². The van der Waals surface area contributed by atoms with Gasteiger partial charge in [0.15, 0.2) is 0 Å². The SMILES string of the molecule is CN1Cc2ccccc2CC1C(=O)NC1CCN(c2cnccn2)CC1. The van der Waals surface area contributed by atoms with Gasteiger partial charge in [0, 0.05) is 38.1 Å². The lowest BCUT2D eigenvalue weighted by atomic mass is 9.93. The number of amides is 1. The molecular weight excluding hydrogens is 326 g/mol. The molecular formula is C20H25N5O. The third-order valence-corrected chi connectivity index (χ3v) is 5.50. The second-order valence-electron chi connectivity index (χ2n) is 7.24. The quantitative estimate of drug-likeness (QED) is 0.910. The van der Waals surface area contributed by atoms with Gasteiger partial charge < -0.3 is 10.2 Å². The summed E-state index contributed by atoms with van der Waals surface area (Å²) in [4.78, 5) is 25.7. The molecule has 1 saturated heterocycles. The van der Waals surface area contributed by atoms with Crippen LogP contribution in [-0.4, -0.2) is 53.0 Å². The van der Waals surface area contributed by atoms with Gasteiger partial charge in [0.1, 0.15) is 5.82 Å². The van der Waals surface area contributed by atoms with Crippen molar-refractivity contribution in [2.75, 3.05) is 25.0 Å². The molecule has 6 heteroatoms. The molecule has 2 aliphatic rings. The molecule has 2 aliphatic heterocycles. The molecule has 1 aromatic heterocycles. The second kappa shape index (κ2) is 7.41. The lowest BCUT2D eigenvalue weighted by Gasteiger charge is -2.36. The molecule has 1 fully saturated rings. The van der Waals surface area contributed by atoms with Crippen LogP contribution < -0.4 is 10.2 Å². The minimum Gasteiger partial charge on any atom is -0.355 e. The Bertz CT molecular complexity index is 758.